The van der Waals surface area contributed by atoms with Crippen LogP contribution in [0.2, 0.25) is 0 Å². The Morgan fingerprint density at radius 3 is 2.43 bits per heavy atom. The van der Waals surface area contributed by atoms with E-state index >= 15 is 0 Å². The molecule has 0 spiro atoms. The van der Waals surface area contributed by atoms with Gasteiger partial charge in [0.25, 0.3) is 0 Å². The minimum Gasteiger partial charge on any atom is -0.352 e. The SMILES string of the molecule is CN(C)CCN(C)CC(=O)NC1CC1. The number of likely N-dealkylation sites (N-methyl/N-ethyl adjacent to an activating group) is 2. The molecule has 82 valence electrons. The van der Waals surface area contributed by atoms with Gasteiger partial charge in [-0.3, -0.25) is 9.69 Å². The van der Waals surface area contributed by atoms with E-state index in [4.69, 9.17) is 0 Å². The molecule has 1 rings (SSSR count). The quantitative estimate of drug-likeness (QED) is 0.641. The third-order valence-corrected chi connectivity index (χ3v) is 2.28. The van der Waals surface area contributed by atoms with Crippen molar-refractivity contribution in [1.82, 2.24) is 15.1 Å². The van der Waals surface area contributed by atoms with Gasteiger partial charge in [0.2, 0.25) is 5.91 Å². The second-order valence-corrected chi connectivity index (χ2v) is 4.38. The molecule has 1 aliphatic rings. The molecule has 1 aliphatic carbocycles. The normalized spacial score (nSPS) is 16.4. The van der Waals surface area contributed by atoms with Crippen LogP contribution in [-0.2, 0) is 4.79 Å². The highest BCUT2D eigenvalue weighted by atomic mass is 16.2. The summed E-state index contributed by atoms with van der Waals surface area (Å²) < 4.78 is 0. The van der Waals surface area contributed by atoms with Gasteiger partial charge in [0.15, 0.2) is 0 Å². The Bertz CT molecular complexity index is 190. The summed E-state index contributed by atoms with van der Waals surface area (Å²) in [4.78, 5) is 15.6. The van der Waals surface area contributed by atoms with Gasteiger partial charge < -0.3 is 10.2 Å². The third kappa shape index (κ3) is 5.19. The number of hydrogen-bond acceptors (Lipinski definition) is 3. The number of nitrogens with one attached hydrogen (secondary N) is 1. The minimum atomic E-state index is 0.161. The lowest BCUT2D eigenvalue weighted by atomic mass is 10.4. The van der Waals surface area contributed by atoms with E-state index in [1.165, 1.54) is 0 Å². The van der Waals surface area contributed by atoms with Crippen LogP contribution in [0.5, 0.6) is 0 Å². The third-order valence-electron chi connectivity index (χ3n) is 2.28. The van der Waals surface area contributed by atoms with E-state index in [0.29, 0.717) is 12.6 Å². The zero-order valence-electron chi connectivity index (χ0n) is 9.42. The van der Waals surface area contributed by atoms with E-state index in [-0.39, 0.29) is 5.91 Å². The zero-order valence-corrected chi connectivity index (χ0v) is 9.42. The van der Waals surface area contributed by atoms with Gasteiger partial charge in [-0.1, -0.05) is 0 Å². The van der Waals surface area contributed by atoms with Crippen LogP contribution in [0.25, 0.3) is 0 Å². The fourth-order valence-corrected chi connectivity index (χ4v) is 1.20. The maximum Gasteiger partial charge on any atom is 0.234 e. The lowest BCUT2D eigenvalue weighted by Gasteiger charge is -2.18. The summed E-state index contributed by atoms with van der Waals surface area (Å²) in [5.41, 5.74) is 0. The molecule has 0 bridgehead atoms. The molecule has 0 aliphatic heterocycles. The number of rotatable bonds is 6. The van der Waals surface area contributed by atoms with Crippen molar-refractivity contribution in [3.05, 3.63) is 0 Å². The fourth-order valence-electron chi connectivity index (χ4n) is 1.20. The monoisotopic (exact) mass is 199 g/mol. The second-order valence-electron chi connectivity index (χ2n) is 4.38. The van der Waals surface area contributed by atoms with Crippen molar-refractivity contribution in [2.24, 2.45) is 0 Å². The van der Waals surface area contributed by atoms with Crippen LogP contribution in [0.4, 0.5) is 0 Å². The maximum absolute atomic E-state index is 11.4. The predicted octanol–water partition coefficient (Wildman–Crippen LogP) is -0.242. The number of hydrogen-bond donors (Lipinski definition) is 1. The minimum absolute atomic E-state index is 0.161. The molecule has 4 heteroatoms. The fraction of sp³-hybridized carbons (Fsp3) is 0.900. The Morgan fingerprint density at radius 2 is 1.93 bits per heavy atom. The molecule has 0 aromatic heterocycles. The molecule has 1 fully saturated rings. The molecule has 0 aromatic rings. The summed E-state index contributed by atoms with van der Waals surface area (Å²) in [7, 11) is 6.06. The average molecular weight is 199 g/mol. The van der Waals surface area contributed by atoms with Crippen molar-refractivity contribution < 1.29 is 4.79 Å². The van der Waals surface area contributed by atoms with Crippen LogP contribution in [-0.4, -0.2) is 62.5 Å². The molecule has 0 radical (unpaired) electrons. The smallest absolute Gasteiger partial charge is 0.234 e. The number of nitrogens with zero attached hydrogens (tertiary/aromatic N) is 2. The first-order chi connectivity index (χ1) is 6.58. The molecule has 14 heavy (non-hydrogen) atoms. The van der Waals surface area contributed by atoms with E-state index in [1.54, 1.807) is 0 Å². The van der Waals surface area contributed by atoms with Crippen molar-refractivity contribution in [3.8, 4) is 0 Å². The Hall–Kier alpha value is -0.610. The topological polar surface area (TPSA) is 35.6 Å². The van der Waals surface area contributed by atoms with E-state index in [2.05, 4.69) is 15.1 Å². The molecule has 0 heterocycles. The van der Waals surface area contributed by atoms with Gasteiger partial charge >= 0.3 is 0 Å². The molecular formula is C10H21N3O. The maximum atomic E-state index is 11.4. The first-order valence-electron chi connectivity index (χ1n) is 5.20. The molecular weight excluding hydrogens is 178 g/mol. The summed E-state index contributed by atoms with van der Waals surface area (Å²) in [6.45, 7) is 2.45. The van der Waals surface area contributed by atoms with Gasteiger partial charge in [0.1, 0.15) is 0 Å². The Kier molecular flexibility index (Phi) is 4.35. The zero-order chi connectivity index (χ0) is 10.6. The number of carbonyl (C=O) groups is 1. The van der Waals surface area contributed by atoms with Crippen molar-refractivity contribution in [3.63, 3.8) is 0 Å². The van der Waals surface area contributed by atoms with E-state index in [9.17, 15) is 4.79 Å². The predicted molar refractivity (Wildman–Crippen MR) is 57.2 cm³/mol. The molecule has 0 aromatic carbocycles. The summed E-state index contributed by atoms with van der Waals surface area (Å²) in [6.07, 6.45) is 2.32. The Morgan fingerprint density at radius 1 is 1.29 bits per heavy atom. The van der Waals surface area contributed by atoms with E-state index in [1.807, 2.05) is 21.1 Å². The summed E-state index contributed by atoms with van der Waals surface area (Å²) in [5, 5.41) is 2.98. The van der Waals surface area contributed by atoms with Gasteiger partial charge in [-0.05, 0) is 34.0 Å². The highest BCUT2D eigenvalue weighted by Crippen LogP contribution is 2.18. The number of carbonyl (C=O) groups excluding carboxylic acids is 1. The van der Waals surface area contributed by atoms with Crippen LogP contribution in [0.1, 0.15) is 12.8 Å². The van der Waals surface area contributed by atoms with Crippen LogP contribution in [0.3, 0.4) is 0 Å². The lowest BCUT2D eigenvalue weighted by Crippen LogP contribution is -2.38. The molecule has 0 unspecified atom stereocenters. The van der Waals surface area contributed by atoms with Crippen LogP contribution >= 0.6 is 0 Å². The standard InChI is InChI=1S/C10H21N3O/c1-12(2)6-7-13(3)8-10(14)11-9-4-5-9/h9H,4-8H2,1-3H3,(H,11,14). The van der Waals surface area contributed by atoms with Gasteiger partial charge in [0.05, 0.1) is 6.54 Å². The largest absolute Gasteiger partial charge is 0.352 e. The molecule has 0 saturated heterocycles. The molecule has 0 atom stereocenters. The first-order valence-corrected chi connectivity index (χ1v) is 5.20. The van der Waals surface area contributed by atoms with Crippen molar-refractivity contribution in [1.29, 1.82) is 0 Å². The molecule has 4 nitrogen and oxygen atoms in total. The van der Waals surface area contributed by atoms with Crippen molar-refractivity contribution >= 4 is 5.91 Å². The number of amides is 1. The molecule has 1 saturated carbocycles. The van der Waals surface area contributed by atoms with Crippen LogP contribution in [0, 0.1) is 0 Å². The van der Waals surface area contributed by atoms with E-state index < -0.39 is 0 Å². The van der Waals surface area contributed by atoms with E-state index in [0.717, 1.165) is 25.9 Å². The Balaban J connectivity index is 2.05. The molecule has 1 N–H and O–H groups in total. The highest BCUT2D eigenvalue weighted by Gasteiger charge is 2.23. The Labute approximate surface area is 86.2 Å². The highest BCUT2D eigenvalue weighted by molar-refractivity contribution is 5.78. The van der Waals surface area contributed by atoms with Gasteiger partial charge in [0, 0.05) is 19.1 Å². The summed E-state index contributed by atoms with van der Waals surface area (Å²) >= 11 is 0. The first kappa shape index (κ1) is 11.5. The molecule has 1 amide bonds. The summed E-state index contributed by atoms with van der Waals surface area (Å²) in [6, 6.07) is 0.477. The average Bonchev–Trinajstić information content (AvgIpc) is 2.84. The van der Waals surface area contributed by atoms with Crippen LogP contribution in [0.15, 0.2) is 0 Å². The summed E-state index contributed by atoms with van der Waals surface area (Å²) in [5.74, 6) is 0.161. The lowest BCUT2D eigenvalue weighted by molar-refractivity contribution is -0.122. The van der Waals surface area contributed by atoms with Gasteiger partial charge in [-0.15, -0.1) is 0 Å². The van der Waals surface area contributed by atoms with Gasteiger partial charge in [-0.2, -0.15) is 0 Å². The van der Waals surface area contributed by atoms with Crippen molar-refractivity contribution in [2.75, 3.05) is 40.8 Å². The second kappa shape index (κ2) is 5.32. The van der Waals surface area contributed by atoms with Gasteiger partial charge in [-0.25, -0.2) is 0 Å². The van der Waals surface area contributed by atoms with Crippen LogP contribution < -0.4 is 5.32 Å². The van der Waals surface area contributed by atoms with Crippen molar-refractivity contribution in [2.45, 2.75) is 18.9 Å².